The van der Waals surface area contributed by atoms with Gasteiger partial charge in [-0.15, -0.1) is 0 Å². The summed E-state index contributed by atoms with van der Waals surface area (Å²) in [5.41, 5.74) is 8.28. The molecule has 0 unspecified atom stereocenters. The van der Waals surface area contributed by atoms with Gasteiger partial charge in [0.15, 0.2) is 12.6 Å². The minimum Gasteiger partial charge on any atom is -0.726 e. The maximum absolute atomic E-state index is 11.8. The van der Waals surface area contributed by atoms with Crippen LogP contribution in [0, 0.1) is 0 Å². The van der Waals surface area contributed by atoms with Crippen molar-refractivity contribution in [1.29, 1.82) is 0 Å². The average molecular weight is 611 g/mol. The first-order valence-corrected chi connectivity index (χ1v) is 13.5. The SMILES string of the molecule is CC(=O)N[C@H]1[C@H](OCCCCCCN=[N+]=[N-])O[C@H](CO)[C@@H](O[C@@H]2O[C@H](CO)[C@H](O)[C@H](OS(=O)(=O)[O-])[C@H]2O)[C@@H]1O.[Na+]. The second kappa shape index (κ2) is 18.1. The summed E-state index contributed by atoms with van der Waals surface area (Å²) in [7, 11) is -5.41. The van der Waals surface area contributed by atoms with Gasteiger partial charge in [0.1, 0.15) is 48.8 Å². The minimum atomic E-state index is -5.41. The Balaban J connectivity index is 0.00000800. The molecule has 40 heavy (non-hydrogen) atoms. The molecule has 0 aromatic rings. The fourth-order valence-corrected chi connectivity index (χ4v) is 4.72. The number of unbranched alkanes of at least 4 members (excludes halogenated alkanes) is 3. The standard InChI is InChI=1S/C20H36N4O14S.Na/c1-10(27)23-13-15(29)17(12(9-26)36-19(13)34-7-5-3-2-4-6-22-24-21)37-20-16(30)18(38-39(31,32)33)14(28)11(8-25)35-20;/h11-20,25-26,28-30H,2-9H2,1H3,(H,23,27)(H,31,32,33);/q;+1/p-1/t11-,12-,13-,14+,15-,16-,17-,18+,19-,20+;/m1./s1. The summed E-state index contributed by atoms with van der Waals surface area (Å²) in [6.45, 7) is 0.0690. The molecule has 0 radical (unpaired) electrons. The van der Waals surface area contributed by atoms with Crippen LogP contribution in [0.5, 0.6) is 0 Å². The van der Waals surface area contributed by atoms with E-state index in [1.165, 1.54) is 6.92 Å². The van der Waals surface area contributed by atoms with Gasteiger partial charge in [0.05, 0.1) is 13.2 Å². The number of nitrogens with one attached hydrogen (secondary N) is 1. The molecule has 2 aliphatic rings. The smallest absolute Gasteiger partial charge is 0.726 e. The number of rotatable bonds is 15. The number of carbonyl (C=O) groups is 1. The number of nitrogens with zero attached hydrogens (tertiary/aromatic N) is 3. The van der Waals surface area contributed by atoms with Gasteiger partial charge in [0.2, 0.25) is 16.3 Å². The number of azide groups is 1. The van der Waals surface area contributed by atoms with E-state index in [-0.39, 0.29) is 36.2 Å². The van der Waals surface area contributed by atoms with Crippen molar-refractivity contribution in [2.24, 2.45) is 5.11 Å². The van der Waals surface area contributed by atoms with Gasteiger partial charge in [-0.1, -0.05) is 18.0 Å². The van der Waals surface area contributed by atoms with Crippen LogP contribution in [0.4, 0.5) is 0 Å². The van der Waals surface area contributed by atoms with Crippen molar-refractivity contribution in [2.75, 3.05) is 26.4 Å². The van der Waals surface area contributed by atoms with Crippen molar-refractivity contribution in [3.05, 3.63) is 10.4 Å². The number of ether oxygens (including phenoxy) is 4. The molecule has 2 saturated heterocycles. The number of aliphatic hydroxyl groups excluding tert-OH is 5. The summed E-state index contributed by atoms with van der Waals surface area (Å²) in [6, 6.07) is -1.23. The van der Waals surface area contributed by atoms with E-state index in [1.807, 2.05) is 0 Å². The average Bonchev–Trinajstić information content (AvgIpc) is 2.87. The molecule has 0 bridgehead atoms. The summed E-state index contributed by atoms with van der Waals surface area (Å²) in [4.78, 5) is 14.5. The molecule has 0 spiro atoms. The fourth-order valence-electron chi connectivity index (χ4n) is 4.22. The molecule has 1 amide bonds. The molecule has 2 aliphatic heterocycles. The van der Waals surface area contributed by atoms with Crippen LogP contribution in [0.3, 0.4) is 0 Å². The van der Waals surface area contributed by atoms with Gasteiger partial charge in [-0.2, -0.15) is 0 Å². The van der Waals surface area contributed by atoms with Gasteiger partial charge in [0, 0.05) is 25.0 Å². The monoisotopic (exact) mass is 610 g/mol. The minimum absolute atomic E-state index is 0. The van der Waals surface area contributed by atoms with E-state index >= 15 is 0 Å². The Morgan fingerprint density at radius 3 is 2.20 bits per heavy atom. The topological polar surface area (TPSA) is 282 Å². The number of carbonyl (C=O) groups excluding carboxylic acids is 1. The number of aliphatic hydroxyl groups is 5. The van der Waals surface area contributed by atoms with Crippen LogP contribution in [0.15, 0.2) is 5.11 Å². The second-order valence-corrected chi connectivity index (χ2v) is 9.97. The van der Waals surface area contributed by atoms with Crippen molar-refractivity contribution in [1.82, 2.24) is 5.32 Å². The van der Waals surface area contributed by atoms with Crippen molar-refractivity contribution >= 4 is 16.3 Å². The summed E-state index contributed by atoms with van der Waals surface area (Å²) in [5, 5.41) is 57.0. The largest absolute Gasteiger partial charge is 1.00 e. The molecule has 0 aromatic carbocycles. The molecule has 2 rings (SSSR count). The quantitative estimate of drug-likeness (QED) is 0.0192. The first-order chi connectivity index (χ1) is 18.4. The third-order valence-electron chi connectivity index (χ3n) is 6.06. The van der Waals surface area contributed by atoms with E-state index < -0.39 is 90.9 Å². The predicted octanol–water partition coefficient (Wildman–Crippen LogP) is -5.87. The van der Waals surface area contributed by atoms with Gasteiger partial charge in [-0.3, -0.25) is 8.98 Å². The van der Waals surface area contributed by atoms with Gasteiger partial charge in [0.25, 0.3) is 0 Å². The third-order valence-corrected chi connectivity index (χ3v) is 6.52. The fraction of sp³-hybridized carbons (Fsp3) is 0.950. The van der Waals surface area contributed by atoms with Crippen LogP contribution in [0.1, 0.15) is 32.6 Å². The van der Waals surface area contributed by atoms with E-state index in [9.17, 15) is 43.3 Å². The molecule has 0 aromatic heterocycles. The van der Waals surface area contributed by atoms with Crippen LogP contribution >= 0.6 is 0 Å². The van der Waals surface area contributed by atoms with E-state index in [0.29, 0.717) is 19.4 Å². The van der Waals surface area contributed by atoms with Crippen molar-refractivity contribution in [3.63, 3.8) is 0 Å². The Morgan fingerprint density at radius 1 is 1.00 bits per heavy atom. The van der Waals surface area contributed by atoms with E-state index in [0.717, 1.165) is 12.8 Å². The van der Waals surface area contributed by atoms with Crippen LogP contribution in [-0.4, -0.2) is 132 Å². The van der Waals surface area contributed by atoms with Crippen molar-refractivity contribution < 1.29 is 96.0 Å². The molecule has 2 fully saturated rings. The zero-order valence-corrected chi connectivity index (χ0v) is 24.9. The third kappa shape index (κ3) is 11.2. The molecular formula is C20H35N4NaO14S. The molecule has 18 nitrogen and oxygen atoms in total. The molecule has 0 saturated carbocycles. The summed E-state index contributed by atoms with van der Waals surface area (Å²) in [6.07, 6.45) is -12.5. The van der Waals surface area contributed by atoms with E-state index in [4.69, 9.17) is 24.5 Å². The second-order valence-electron chi connectivity index (χ2n) is 8.96. The van der Waals surface area contributed by atoms with Crippen molar-refractivity contribution in [2.45, 2.75) is 94.0 Å². The normalized spacial score (nSPS) is 34.4. The Morgan fingerprint density at radius 2 is 1.62 bits per heavy atom. The first kappa shape index (κ1) is 37.3. The van der Waals surface area contributed by atoms with Gasteiger partial charge in [-0.25, -0.2) is 8.42 Å². The zero-order valence-electron chi connectivity index (χ0n) is 22.1. The van der Waals surface area contributed by atoms with E-state index in [2.05, 4.69) is 19.5 Å². The summed E-state index contributed by atoms with van der Waals surface area (Å²) in [5.74, 6) is -0.568. The maximum Gasteiger partial charge on any atom is 1.00 e. The molecule has 2 heterocycles. The van der Waals surface area contributed by atoms with Gasteiger partial charge < -0.3 is 54.3 Å². The van der Waals surface area contributed by atoms with Crippen LogP contribution in [-0.2, 0) is 38.3 Å². The molecule has 6 N–H and O–H groups in total. The van der Waals surface area contributed by atoms with E-state index in [1.54, 1.807) is 0 Å². The first-order valence-electron chi connectivity index (χ1n) is 12.2. The Labute approximate surface area is 252 Å². The van der Waals surface area contributed by atoms with Crippen LogP contribution in [0.2, 0.25) is 0 Å². The number of hydrogen-bond acceptors (Lipinski definition) is 15. The molecular weight excluding hydrogens is 575 g/mol. The Kier molecular flexibility index (Phi) is 16.9. The van der Waals surface area contributed by atoms with Crippen molar-refractivity contribution in [3.8, 4) is 0 Å². The summed E-state index contributed by atoms with van der Waals surface area (Å²) >= 11 is 0. The molecule has 0 aliphatic carbocycles. The summed E-state index contributed by atoms with van der Waals surface area (Å²) < 4.78 is 59.8. The van der Waals surface area contributed by atoms with Gasteiger partial charge >= 0.3 is 29.6 Å². The number of amides is 1. The number of hydrogen-bond donors (Lipinski definition) is 6. The molecule has 20 heteroatoms. The van der Waals surface area contributed by atoms with Gasteiger partial charge in [-0.05, 0) is 18.4 Å². The maximum atomic E-state index is 11.8. The van der Waals surface area contributed by atoms with Crippen LogP contribution in [0.25, 0.3) is 10.4 Å². The Hall–Kier alpha value is -0.710. The Bertz CT molecular complexity index is 929. The van der Waals surface area contributed by atoms with Crippen LogP contribution < -0.4 is 34.9 Å². The predicted molar refractivity (Wildman–Crippen MR) is 125 cm³/mol. The molecule has 10 atom stereocenters. The molecule has 226 valence electrons. The zero-order chi connectivity index (χ0) is 29.2.